The van der Waals surface area contributed by atoms with Gasteiger partial charge in [0.15, 0.2) is 0 Å². The van der Waals surface area contributed by atoms with E-state index >= 15 is 0 Å². The fourth-order valence-electron chi connectivity index (χ4n) is 1.71. The standard InChI is InChI=1S/C15H15BrN2O3S/c16-12-5-1-2-6-13(12)21-9-10(19)8-18-14(20)11-4-3-7-17-15(11)22/h1-7,10,19H,8-9H2,(H,17,22)(H,18,20). The van der Waals surface area contributed by atoms with Gasteiger partial charge in [-0.2, -0.15) is 0 Å². The molecule has 1 atom stereocenters. The summed E-state index contributed by atoms with van der Waals surface area (Å²) in [5.41, 5.74) is 0.372. The topological polar surface area (TPSA) is 74.3 Å². The zero-order valence-corrected chi connectivity index (χ0v) is 14.0. The van der Waals surface area contributed by atoms with Gasteiger partial charge in [-0.25, -0.2) is 0 Å². The Morgan fingerprint density at radius 3 is 2.86 bits per heavy atom. The number of aromatic nitrogens is 1. The highest BCUT2D eigenvalue weighted by atomic mass is 79.9. The van der Waals surface area contributed by atoms with Gasteiger partial charge in [-0.3, -0.25) is 4.79 Å². The van der Waals surface area contributed by atoms with Crippen molar-refractivity contribution in [2.75, 3.05) is 13.2 Å². The molecular weight excluding hydrogens is 368 g/mol. The Hall–Kier alpha value is -1.70. The largest absolute Gasteiger partial charge is 0.490 e. The minimum atomic E-state index is -0.822. The number of aromatic amines is 1. The number of rotatable bonds is 6. The molecule has 0 fully saturated rings. The Bertz CT molecular complexity index is 705. The van der Waals surface area contributed by atoms with E-state index in [2.05, 4.69) is 26.2 Å². The fourth-order valence-corrected chi connectivity index (χ4v) is 2.34. The van der Waals surface area contributed by atoms with Crippen molar-refractivity contribution < 1.29 is 14.6 Å². The molecule has 1 unspecified atom stereocenters. The Morgan fingerprint density at radius 2 is 2.14 bits per heavy atom. The lowest BCUT2D eigenvalue weighted by Crippen LogP contribution is -2.35. The molecule has 0 spiro atoms. The van der Waals surface area contributed by atoms with E-state index in [9.17, 15) is 9.90 Å². The number of aliphatic hydroxyl groups is 1. The lowest BCUT2D eigenvalue weighted by Gasteiger charge is -2.14. The van der Waals surface area contributed by atoms with E-state index < -0.39 is 6.10 Å². The molecule has 0 aliphatic heterocycles. The van der Waals surface area contributed by atoms with Crippen molar-refractivity contribution in [3.05, 3.63) is 57.3 Å². The van der Waals surface area contributed by atoms with Gasteiger partial charge in [0, 0.05) is 12.7 Å². The van der Waals surface area contributed by atoms with Gasteiger partial charge in [0.25, 0.3) is 5.91 Å². The highest BCUT2D eigenvalue weighted by Crippen LogP contribution is 2.23. The Morgan fingerprint density at radius 1 is 1.36 bits per heavy atom. The summed E-state index contributed by atoms with van der Waals surface area (Å²) in [6.07, 6.45) is 0.830. The van der Waals surface area contributed by atoms with Gasteiger partial charge in [-0.05, 0) is 40.2 Å². The summed E-state index contributed by atoms with van der Waals surface area (Å²) in [6.45, 7) is 0.150. The normalized spacial score (nSPS) is 11.7. The number of pyridine rings is 1. The summed E-state index contributed by atoms with van der Waals surface area (Å²) in [6, 6.07) is 10.7. The van der Waals surface area contributed by atoms with Gasteiger partial charge < -0.3 is 20.1 Å². The average Bonchev–Trinajstić information content (AvgIpc) is 2.52. The summed E-state index contributed by atoms with van der Waals surface area (Å²) in [5, 5.41) is 12.5. The molecule has 2 aromatic rings. The number of para-hydroxylation sites is 1. The smallest absolute Gasteiger partial charge is 0.254 e. The minimum absolute atomic E-state index is 0.0739. The number of hydrogen-bond donors (Lipinski definition) is 3. The first-order chi connectivity index (χ1) is 10.6. The van der Waals surface area contributed by atoms with Crippen LogP contribution in [0.4, 0.5) is 0 Å². The molecule has 0 aliphatic rings. The second kappa shape index (κ2) is 8.07. The fraction of sp³-hybridized carbons (Fsp3) is 0.200. The van der Waals surface area contributed by atoms with Crippen molar-refractivity contribution in [1.82, 2.24) is 10.3 Å². The molecule has 5 nitrogen and oxygen atoms in total. The first-order valence-corrected chi connectivity index (χ1v) is 7.79. The lowest BCUT2D eigenvalue weighted by molar-refractivity contribution is 0.0842. The number of amides is 1. The summed E-state index contributed by atoms with van der Waals surface area (Å²) >= 11 is 8.38. The molecule has 0 radical (unpaired) electrons. The van der Waals surface area contributed by atoms with Crippen LogP contribution in [0, 0.1) is 4.64 Å². The van der Waals surface area contributed by atoms with Crippen molar-refractivity contribution in [2.24, 2.45) is 0 Å². The van der Waals surface area contributed by atoms with E-state index in [0.717, 1.165) is 4.47 Å². The maximum atomic E-state index is 11.9. The zero-order valence-electron chi connectivity index (χ0n) is 11.6. The monoisotopic (exact) mass is 382 g/mol. The van der Waals surface area contributed by atoms with E-state index in [1.54, 1.807) is 24.4 Å². The quantitative estimate of drug-likeness (QED) is 0.671. The highest BCUT2D eigenvalue weighted by molar-refractivity contribution is 9.10. The minimum Gasteiger partial charge on any atom is -0.490 e. The molecule has 116 valence electrons. The maximum absolute atomic E-state index is 11.9. The van der Waals surface area contributed by atoms with Crippen molar-refractivity contribution in [3.63, 3.8) is 0 Å². The molecule has 1 aromatic heterocycles. The third-order valence-electron chi connectivity index (χ3n) is 2.83. The van der Waals surface area contributed by atoms with Gasteiger partial charge in [0.2, 0.25) is 0 Å². The van der Waals surface area contributed by atoms with Crippen LogP contribution < -0.4 is 10.1 Å². The van der Waals surface area contributed by atoms with E-state index in [1.165, 1.54) is 0 Å². The molecule has 1 aromatic carbocycles. The van der Waals surface area contributed by atoms with Crippen LogP contribution in [0.1, 0.15) is 10.4 Å². The van der Waals surface area contributed by atoms with E-state index in [0.29, 0.717) is 16.0 Å². The Kier molecular flexibility index (Phi) is 6.11. The summed E-state index contributed by atoms with van der Waals surface area (Å²) in [7, 11) is 0. The first kappa shape index (κ1) is 16.7. The molecule has 0 saturated heterocycles. The Balaban J connectivity index is 1.82. The van der Waals surface area contributed by atoms with E-state index in [-0.39, 0.29) is 19.1 Å². The molecule has 22 heavy (non-hydrogen) atoms. The lowest BCUT2D eigenvalue weighted by atomic mass is 10.2. The summed E-state index contributed by atoms with van der Waals surface area (Å²) in [5.74, 6) is 0.306. The average molecular weight is 383 g/mol. The number of nitrogens with one attached hydrogen (secondary N) is 2. The SMILES string of the molecule is O=C(NCC(O)COc1ccccc1Br)c1ccc[nH]c1=S. The summed E-state index contributed by atoms with van der Waals surface area (Å²) in [4.78, 5) is 14.7. The van der Waals surface area contributed by atoms with Crippen LogP contribution in [0.2, 0.25) is 0 Å². The molecule has 3 N–H and O–H groups in total. The predicted octanol–water partition coefficient (Wildman–Crippen LogP) is 2.68. The number of halogens is 1. The number of carbonyl (C=O) groups excluding carboxylic acids is 1. The molecule has 0 saturated carbocycles. The first-order valence-electron chi connectivity index (χ1n) is 6.59. The summed E-state index contributed by atoms with van der Waals surface area (Å²) < 4.78 is 6.65. The Labute approximate surface area is 141 Å². The van der Waals surface area contributed by atoms with E-state index in [4.69, 9.17) is 17.0 Å². The highest BCUT2D eigenvalue weighted by Gasteiger charge is 2.11. The molecule has 7 heteroatoms. The van der Waals surface area contributed by atoms with Crippen LogP contribution in [0.25, 0.3) is 0 Å². The molecular formula is C15H15BrN2O3S. The molecule has 1 amide bonds. The van der Waals surface area contributed by atoms with Crippen LogP contribution in [0.15, 0.2) is 47.1 Å². The van der Waals surface area contributed by atoms with Crippen molar-refractivity contribution >= 4 is 34.1 Å². The molecule has 0 aliphatic carbocycles. The van der Waals surface area contributed by atoms with Crippen LogP contribution in [0.3, 0.4) is 0 Å². The van der Waals surface area contributed by atoms with Crippen molar-refractivity contribution in [1.29, 1.82) is 0 Å². The van der Waals surface area contributed by atoms with Crippen LogP contribution in [-0.2, 0) is 0 Å². The second-order valence-electron chi connectivity index (χ2n) is 4.52. The molecule has 1 heterocycles. The third-order valence-corrected chi connectivity index (χ3v) is 3.82. The number of benzene rings is 1. The van der Waals surface area contributed by atoms with Crippen LogP contribution >= 0.6 is 28.1 Å². The number of hydrogen-bond acceptors (Lipinski definition) is 4. The second-order valence-corrected chi connectivity index (χ2v) is 5.78. The number of ether oxygens (including phenoxy) is 1. The van der Waals surface area contributed by atoms with Gasteiger partial charge >= 0.3 is 0 Å². The van der Waals surface area contributed by atoms with Gasteiger partial charge in [-0.15, -0.1) is 0 Å². The number of aliphatic hydroxyl groups excluding tert-OH is 1. The zero-order chi connectivity index (χ0) is 15.9. The van der Waals surface area contributed by atoms with Crippen molar-refractivity contribution in [2.45, 2.75) is 6.10 Å². The number of H-pyrrole nitrogens is 1. The third kappa shape index (κ3) is 4.66. The van der Waals surface area contributed by atoms with Gasteiger partial charge in [0.1, 0.15) is 23.1 Å². The predicted molar refractivity (Wildman–Crippen MR) is 89.6 cm³/mol. The maximum Gasteiger partial charge on any atom is 0.254 e. The van der Waals surface area contributed by atoms with Gasteiger partial charge in [-0.1, -0.05) is 24.4 Å². The molecule has 2 rings (SSSR count). The molecule has 0 bridgehead atoms. The van der Waals surface area contributed by atoms with Crippen LogP contribution in [-0.4, -0.2) is 35.3 Å². The van der Waals surface area contributed by atoms with Crippen molar-refractivity contribution in [3.8, 4) is 5.75 Å². The van der Waals surface area contributed by atoms with E-state index in [1.807, 2.05) is 18.2 Å². The van der Waals surface area contributed by atoms with Gasteiger partial charge in [0.05, 0.1) is 10.0 Å². The van der Waals surface area contributed by atoms with Crippen LogP contribution in [0.5, 0.6) is 5.75 Å². The number of carbonyl (C=O) groups is 1.